The van der Waals surface area contributed by atoms with Crippen LogP contribution in [0.15, 0.2) is 60.7 Å². The summed E-state index contributed by atoms with van der Waals surface area (Å²) in [4.78, 5) is 27.9. The first kappa shape index (κ1) is 22.4. The molecule has 0 radical (unpaired) electrons. The summed E-state index contributed by atoms with van der Waals surface area (Å²) in [6.45, 7) is 11.5. The van der Waals surface area contributed by atoms with Crippen molar-refractivity contribution in [2.45, 2.75) is 70.4 Å². The Bertz CT molecular complexity index is 874. The fourth-order valence-electron chi connectivity index (χ4n) is 3.65. The van der Waals surface area contributed by atoms with Gasteiger partial charge in [-0.25, -0.2) is 0 Å². The summed E-state index contributed by atoms with van der Waals surface area (Å²) in [6, 6.07) is 19.0. The Hall–Kier alpha value is -2.24. The molecular weight excluding hydrogens is 390 g/mol. The number of carbonyl (C=O) groups excluding carboxylic acids is 2. The Morgan fingerprint density at radius 3 is 2.17 bits per heavy atom. The molecule has 5 heteroatoms. The van der Waals surface area contributed by atoms with Crippen LogP contribution >= 0.6 is 0 Å². The molecule has 2 aromatic rings. The summed E-state index contributed by atoms with van der Waals surface area (Å²) in [5.74, 6) is 0.116. The molecule has 0 bridgehead atoms. The maximum Gasteiger partial charge on any atom is 0.225 e. The topological polar surface area (TPSA) is 46.6 Å². The number of nitrogens with zero attached hydrogens (tertiary/aromatic N) is 1. The third kappa shape index (κ3) is 5.08. The van der Waals surface area contributed by atoms with Crippen molar-refractivity contribution in [1.82, 2.24) is 4.90 Å². The van der Waals surface area contributed by atoms with E-state index in [2.05, 4.69) is 33.9 Å². The number of benzene rings is 2. The van der Waals surface area contributed by atoms with E-state index < -0.39 is 8.32 Å². The lowest BCUT2D eigenvalue weighted by Gasteiger charge is -2.40. The molecule has 1 saturated heterocycles. The van der Waals surface area contributed by atoms with Gasteiger partial charge in [-0.2, -0.15) is 0 Å². The average molecular weight is 424 g/mol. The number of hydrogen-bond donors (Lipinski definition) is 0. The van der Waals surface area contributed by atoms with Crippen LogP contribution in [0, 0.1) is 0 Å². The molecule has 30 heavy (non-hydrogen) atoms. The van der Waals surface area contributed by atoms with Crippen molar-refractivity contribution in [2.24, 2.45) is 0 Å². The van der Waals surface area contributed by atoms with Crippen molar-refractivity contribution in [1.29, 1.82) is 0 Å². The van der Waals surface area contributed by atoms with Crippen LogP contribution in [0.5, 0.6) is 0 Å². The lowest BCUT2D eigenvalue weighted by atomic mass is 10.0. The molecule has 0 unspecified atom stereocenters. The van der Waals surface area contributed by atoms with E-state index in [4.69, 9.17) is 4.43 Å². The summed E-state index contributed by atoms with van der Waals surface area (Å²) in [5, 5.41) is 0.0386. The normalized spacial score (nSPS) is 19.9. The Balaban J connectivity index is 1.87. The Kier molecular flexibility index (Phi) is 6.63. The molecule has 0 aliphatic carbocycles. The van der Waals surface area contributed by atoms with Gasteiger partial charge in [-0.15, -0.1) is 0 Å². The molecule has 0 spiro atoms. The zero-order chi connectivity index (χ0) is 21.9. The third-order valence-electron chi connectivity index (χ3n) is 6.46. The van der Waals surface area contributed by atoms with Gasteiger partial charge < -0.3 is 9.33 Å². The predicted molar refractivity (Wildman–Crippen MR) is 123 cm³/mol. The molecule has 1 fully saturated rings. The van der Waals surface area contributed by atoms with Crippen LogP contribution in [-0.4, -0.2) is 37.1 Å². The van der Waals surface area contributed by atoms with Gasteiger partial charge in [0.2, 0.25) is 5.91 Å². The third-order valence-corrected chi connectivity index (χ3v) is 11.0. The van der Waals surface area contributed by atoms with E-state index in [0.717, 1.165) is 5.56 Å². The minimum Gasteiger partial charge on any atom is -0.411 e. The smallest absolute Gasteiger partial charge is 0.225 e. The van der Waals surface area contributed by atoms with Crippen molar-refractivity contribution in [2.75, 3.05) is 0 Å². The molecule has 2 atom stereocenters. The molecule has 0 saturated carbocycles. The lowest BCUT2D eigenvalue weighted by Crippen LogP contribution is -2.48. The number of carbonyl (C=O) groups is 2. The van der Waals surface area contributed by atoms with Crippen LogP contribution < -0.4 is 0 Å². The second-order valence-corrected chi connectivity index (χ2v) is 14.4. The first-order valence-corrected chi connectivity index (χ1v) is 13.6. The van der Waals surface area contributed by atoms with E-state index in [-0.39, 0.29) is 35.3 Å². The molecule has 4 nitrogen and oxygen atoms in total. The molecule has 0 aromatic heterocycles. The highest BCUT2D eigenvalue weighted by Crippen LogP contribution is 2.40. The summed E-state index contributed by atoms with van der Waals surface area (Å²) in [6.07, 6.45) is 0.364. The van der Waals surface area contributed by atoms with E-state index in [1.807, 2.05) is 65.6 Å². The van der Waals surface area contributed by atoms with Gasteiger partial charge in [0, 0.05) is 18.5 Å². The number of rotatable bonds is 7. The molecule has 1 amide bonds. The van der Waals surface area contributed by atoms with Gasteiger partial charge in [-0.1, -0.05) is 81.4 Å². The number of likely N-dealkylation sites (tertiary alicyclic amines) is 1. The minimum atomic E-state index is -2.08. The van der Waals surface area contributed by atoms with Gasteiger partial charge in [-0.3, -0.25) is 9.59 Å². The number of Topliss-reactive ketones (excluding diaryl/α,β-unsaturated/α-hetero) is 1. The lowest BCUT2D eigenvalue weighted by molar-refractivity contribution is -0.129. The Morgan fingerprint density at radius 2 is 1.60 bits per heavy atom. The zero-order valence-electron chi connectivity index (χ0n) is 18.7. The monoisotopic (exact) mass is 423 g/mol. The zero-order valence-corrected chi connectivity index (χ0v) is 19.7. The molecule has 2 aromatic carbocycles. The highest BCUT2D eigenvalue weighted by molar-refractivity contribution is 6.74. The SMILES string of the molecule is CC(C)(C)[Si](C)(C)O[C@H]1CC(=O)N(Cc2ccccc2)[C@@H]1CC(=O)c1ccccc1. The van der Waals surface area contributed by atoms with Crippen molar-refractivity contribution < 1.29 is 14.0 Å². The largest absolute Gasteiger partial charge is 0.411 e. The quantitative estimate of drug-likeness (QED) is 0.439. The van der Waals surface area contributed by atoms with E-state index >= 15 is 0 Å². The molecule has 0 N–H and O–H groups in total. The van der Waals surface area contributed by atoms with Gasteiger partial charge in [0.15, 0.2) is 14.1 Å². The van der Waals surface area contributed by atoms with Crippen molar-refractivity contribution >= 4 is 20.0 Å². The molecule has 160 valence electrons. The highest BCUT2D eigenvalue weighted by Gasteiger charge is 2.47. The van der Waals surface area contributed by atoms with Gasteiger partial charge in [0.25, 0.3) is 0 Å². The fourth-order valence-corrected chi connectivity index (χ4v) is 5.00. The van der Waals surface area contributed by atoms with Crippen LogP contribution in [-0.2, 0) is 15.8 Å². The molecular formula is C25H33NO3Si. The number of amides is 1. The molecule has 3 rings (SSSR count). The van der Waals surface area contributed by atoms with Gasteiger partial charge in [0.1, 0.15) is 0 Å². The van der Waals surface area contributed by atoms with Crippen LogP contribution in [0.2, 0.25) is 18.1 Å². The van der Waals surface area contributed by atoms with Crippen LogP contribution in [0.4, 0.5) is 0 Å². The second kappa shape index (κ2) is 8.86. The Morgan fingerprint density at radius 1 is 1.03 bits per heavy atom. The van der Waals surface area contributed by atoms with Gasteiger partial charge in [-0.05, 0) is 23.7 Å². The highest BCUT2D eigenvalue weighted by atomic mass is 28.4. The first-order valence-electron chi connectivity index (χ1n) is 10.7. The van der Waals surface area contributed by atoms with E-state index in [0.29, 0.717) is 18.5 Å². The van der Waals surface area contributed by atoms with E-state index in [1.54, 1.807) is 0 Å². The second-order valence-electron chi connectivity index (χ2n) is 9.69. The van der Waals surface area contributed by atoms with E-state index in [1.165, 1.54) is 0 Å². The molecule has 1 aliphatic rings. The Labute approximate surface area is 181 Å². The predicted octanol–water partition coefficient (Wildman–Crippen LogP) is 5.45. The summed E-state index contributed by atoms with van der Waals surface area (Å²) in [7, 11) is -2.08. The number of ketones is 1. The maximum absolute atomic E-state index is 13.0. The fraction of sp³-hybridized carbons (Fsp3) is 0.440. The summed E-state index contributed by atoms with van der Waals surface area (Å²) in [5.41, 5.74) is 1.75. The van der Waals surface area contributed by atoms with Crippen molar-refractivity contribution in [3.63, 3.8) is 0 Å². The van der Waals surface area contributed by atoms with Crippen LogP contribution in [0.3, 0.4) is 0 Å². The van der Waals surface area contributed by atoms with Crippen molar-refractivity contribution in [3.05, 3.63) is 71.8 Å². The number of hydrogen-bond acceptors (Lipinski definition) is 3. The van der Waals surface area contributed by atoms with Gasteiger partial charge >= 0.3 is 0 Å². The summed E-state index contributed by atoms with van der Waals surface area (Å²) >= 11 is 0. The van der Waals surface area contributed by atoms with Crippen LogP contribution in [0.25, 0.3) is 0 Å². The van der Waals surface area contributed by atoms with Crippen LogP contribution in [0.1, 0.15) is 49.5 Å². The molecule has 1 heterocycles. The standard InChI is InChI=1S/C25H33NO3Si/c1-25(2,3)30(4,5)29-23-17-24(28)26(18-19-12-8-6-9-13-19)21(23)16-22(27)20-14-10-7-11-15-20/h6-15,21,23H,16-18H2,1-5H3/t21-,23+/m1/s1. The minimum absolute atomic E-state index is 0.0386. The maximum atomic E-state index is 13.0. The summed E-state index contributed by atoms with van der Waals surface area (Å²) < 4.78 is 6.68. The van der Waals surface area contributed by atoms with Gasteiger partial charge in [0.05, 0.1) is 18.6 Å². The van der Waals surface area contributed by atoms with Crippen molar-refractivity contribution in [3.8, 4) is 0 Å². The van der Waals surface area contributed by atoms with E-state index in [9.17, 15) is 9.59 Å². The average Bonchev–Trinajstić information content (AvgIpc) is 2.96. The molecule has 1 aliphatic heterocycles. The first-order chi connectivity index (χ1) is 14.1.